The number of H-pyrrole nitrogens is 1. The van der Waals surface area contributed by atoms with Crippen LogP contribution in [0.1, 0.15) is 56.3 Å². The average Bonchev–Trinajstić information content (AvgIpc) is 3.50. The van der Waals surface area contributed by atoms with Crippen LogP contribution >= 0.6 is 0 Å². The molecular formula is C27H34N2O6. The molecule has 4 heterocycles. The molecule has 6 atom stereocenters. The number of carbonyl (C=O) groups excluding carboxylic acids is 1. The second-order valence-corrected chi connectivity index (χ2v) is 10.4. The van der Waals surface area contributed by atoms with Crippen molar-refractivity contribution < 1.29 is 28.5 Å². The molecular weight excluding hydrogens is 448 g/mol. The molecule has 0 radical (unpaired) electrons. The first-order chi connectivity index (χ1) is 17.0. The van der Waals surface area contributed by atoms with Crippen LogP contribution in [0.25, 0.3) is 10.9 Å². The van der Waals surface area contributed by atoms with Gasteiger partial charge in [0.25, 0.3) is 0 Å². The fourth-order valence-electron chi connectivity index (χ4n) is 6.20. The van der Waals surface area contributed by atoms with Crippen molar-refractivity contribution in [3.05, 3.63) is 47.7 Å². The van der Waals surface area contributed by atoms with E-state index < -0.39 is 24.2 Å². The molecule has 0 unspecified atom stereocenters. The first-order valence-electron chi connectivity index (χ1n) is 12.7. The molecule has 1 aromatic heterocycles. The molecule has 4 aliphatic rings. The molecule has 3 fully saturated rings. The first-order valence-corrected chi connectivity index (χ1v) is 12.7. The Morgan fingerprint density at radius 3 is 2.74 bits per heavy atom. The molecule has 2 N–H and O–H groups in total. The van der Waals surface area contributed by atoms with Crippen LogP contribution in [0.4, 0.5) is 0 Å². The van der Waals surface area contributed by atoms with Crippen molar-refractivity contribution in [2.45, 2.75) is 87.9 Å². The second-order valence-electron chi connectivity index (χ2n) is 10.4. The number of nitrogens with one attached hydrogen (secondary N) is 2. The molecule has 8 nitrogen and oxygen atoms in total. The Morgan fingerprint density at radius 1 is 1.17 bits per heavy atom. The molecule has 0 amide bonds. The summed E-state index contributed by atoms with van der Waals surface area (Å²) in [7, 11) is 1.42. The third kappa shape index (κ3) is 4.01. The Bertz CT molecular complexity index is 1120. The number of benzene rings is 1. The lowest BCUT2D eigenvalue weighted by molar-refractivity contribution is -0.250. The van der Waals surface area contributed by atoms with E-state index in [-0.39, 0.29) is 24.2 Å². The van der Waals surface area contributed by atoms with E-state index in [0.29, 0.717) is 13.0 Å². The first kappa shape index (κ1) is 23.2. The summed E-state index contributed by atoms with van der Waals surface area (Å²) in [5.74, 6) is -0.873. The number of fused-ring (bicyclic) bond motifs is 4. The van der Waals surface area contributed by atoms with Gasteiger partial charge in [0.2, 0.25) is 0 Å². The van der Waals surface area contributed by atoms with Gasteiger partial charge < -0.3 is 28.7 Å². The van der Waals surface area contributed by atoms with Gasteiger partial charge in [-0.25, -0.2) is 0 Å². The Morgan fingerprint density at radius 2 is 1.97 bits per heavy atom. The fraction of sp³-hybridized carbons (Fsp3) is 0.593. The zero-order valence-electron chi connectivity index (χ0n) is 20.4. The highest BCUT2D eigenvalue weighted by Gasteiger charge is 2.60. The predicted molar refractivity (Wildman–Crippen MR) is 129 cm³/mol. The van der Waals surface area contributed by atoms with E-state index in [1.165, 1.54) is 13.5 Å². The molecule has 2 saturated heterocycles. The van der Waals surface area contributed by atoms with Crippen molar-refractivity contribution in [3.63, 3.8) is 0 Å². The maximum Gasteiger partial charge on any atom is 0.323 e. The maximum absolute atomic E-state index is 12.7. The third-order valence-corrected chi connectivity index (χ3v) is 7.79. The number of ether oxygens (including phenoxy) is 5. The summed E-state index contributed by atoms with van der Waals surface area (Å²) in [4.78, 5) is 16.2. The third-order valence-electron chi connectivity index (χ3n) is 7.79. The monoisotopic (exact) mass is 482 g/mol. The zero-order chi connectivity index (χ0) is 24.2. The number of hydrogen-bond acceptors (Lipinski definition) is 7. The Hall–Kier alpha value is -2.23. The predicted octanol–water partition coefficient (Wildman–Crippen LogP) is 3.66. The van der Waals surface area contributed by atoms with Crippen molar-refractivity contribution in [2.24, 2.45) is 0 Å². The lowest BCUT2D eigenvalue weighted by Gasteiger charge is -2.38. The van der Waals surface area contributed by atoms with Crippen molar-refractivity contribution in [1.29, 1.82) is 0 Å². The van der Waals surface area contributed by atoms with E-state index in [2.05, 4.69) is 29.0 Å². The largest absolute Gasteiger partial charge is 0.468 e. The van der Waals surface area contributed by atoms with Crippen LogP contribution in [0.2, 0.25) is 0 Å². The van der Waals surface area contributed by atoms with E-state index in [1.807, 2.05) is 19.1 Å². The normalized spacial score (nSPS) is 33.5. The van der Waals surface area contributed by atoms with Crippen molar-refractivity contribution in [1.82, 2.24) is 10.3 Å². The van der Waals surface area contributed by atoms with Crippen molar-refractivity contribution in [3.8, 4) is 0 Å². The van der Waals surface area contributed by atoms with Gasteiger partial charge in [-0.2, -0.15) is 0 Å². The summed E-state index contributed by atoms with van der Waals surface area (Å²) in [5.41, 5.74) is 4.06. The summed E-state index contributed by atoms with van der Waals surface area (Å²) in [6.45, 7) is 6.36. The molecule has 8 heteroatoms. The minimum Gasteiger partial charge on any atom is -0.468 e. The summed E-state index contributed by atoms with van der Waals surface area (Å²) in [6.07, 6.45) is 4.00. The van der Waals surface area contributed by atoms with E-state index in [9.17, 15) is 4.79 Å². The summed E-state index contributed by atoms with van der Waals surface area (Å²) in [5, 5.41) is 4.60. The fourth-order valence-corrected chi connectivity index (χ4v) is 6.20. The Labute approximate surface area is 205 Å². The number of aromatic amines is 1. The van der Waals surface area contributed by atoms with Gasteiger partial charge in [0.15, 0.2) is 12.1 Å². The second kappa shape index (κ2) is 9.01. The van der Waals surface area contributed by atoms with E-state index in [1.54, 1.807) is 0 Å². The van der Waals surface area contributed by atoms with Crippen LogP contribution in [-0.2, 0) is 34.9 Å². The number of hydrogen-bond donors (Lipinski definition) is 2. The minimum absolute atomic E-state index is 0.294. The molecule has 1 spiro atoms. The van der Waals surface area contributed by atoms with Gasteiger partial charge in [0, 0.05) is 35.9 Å². The van der Waals surface area contributed by atoms with Crippen LogP contribution in [0.5, 0.6) is 0 Å². The van der Waals surface area contributed by atoms with Gasteiger partial charge in [-0.15, -0.1) is 0 Å². The molecule has 1 aromatic carbocycles. The number of para-hydroxylation sites is 1. The number of aromatic nitrogens is 1. The Balaban J connectivity index is 1.36. The van der Waals surface area contributed by atoms with E-state index in [4.69, 9.17) is 23.7 Å². The molecule has 2 aromatic rings. The van der Waals surface area contributed by atoms with E-state index in [0.717, 1.165) is 53.4 Å². The summed E-state index contributed by atoms with van der Waals surface area (Å²) >= 11 is 0. The number of esters is 1. The van der Waals surface area contributed by atoms with Gasteiger partial charge >= 0.3 is 5.97 Å². The lowest BCUT2D eigenvalue weighted by atomic mass is 9.89. The van der Waals surface area contributed by atoms with Crippen LogP contribution in [-0.4, -0.2) is 61.1 Å². The lowest BCUT2D eigenvalue weighted by Crippen LogP contribution is -2.52. The molecule has 6 rings (SSSR count). The van der Waals surface area contributed by atoms with Crippen molar-refractivity contribution in [2.75, 3.05) is 13.7 Å². The van der Waals surface area contributed by atoms with Crippen molar-refractivity contribution >= 4 is 16.9 Å². The SMILES string of the molecule is C=C(C)CO[C@@H]1[C@H]2OC3(CCCCC3)O[C@H]2O[C@@H]1[C@@H]1N[C@H](C(=O)OC)Cc2c1[nH]c1ccccc21. The molecule has 35 heavy (non-hydrogen) atoms. The van der Waals surface area contributed by atoms with Gasteiger partial charge in [-0.05, 0) is 31.4 Å². The number of methoxy groups -OCH3 is 1. The highest BCUT2D eigenvalue weighted by atomic mass is 16.8. The molecule has 1 aliphatic carbocycles. The minimum atomic E-state index is -0.579. The molecule has 1 saturated carbocycles. The maximum atomic E-state index is 12.7. The number of rotatable bonds is 5. The van der Waals surface area contributed by atoms with Crippen LogP contribution in [0.15, 0.2) is 36.4 Å². The molecule has 188 valence electrons. The van der Waals surface area contributed by atoms with Crippen LogP contribution < -0.4 is 5.32 Å². The standard InChI is InChI=1S/C27H34N2O6/c1-15(2)14-32-23-22(33-26-24(23)34-27(35-26)11-7-4-8-12-27)21-20-17(13-19(29-21)25(30)31-3)16-9-5-6-10-18(16)28-20/h5-6,9-10,19,21-24,26,28-29H,1,4,7-8,11-14H2,2-3H3/t19-,21+,22+,23-,24+,26+/m0/s1. The highest BCUT2D eigenvalue weighted by Crippen LogP contribution is 2.48. The summed E-state index contributed by atoms with van der Waals surface area (Å²) in [6, 6.07) is 7.34. The van der Waals surface area contributed by atoms with Gasteiger partial charge in [-0.3, -0.25) is 10.1 Å². The van der Waals surface area contributed by atoms with Crippen LogP contribution in [0.3, 0.4) is 0 Å². The van der Waals surface area contributed by atoms with Crippen LogP contribution in [0, 0.1) is 0 Å². The average molecular weight is 483 g/mol. The zero-order valence-corrected chi connectivity index (χ0v) is 20.4. The topological polar surface area (TPSA) is 91.0 Å². The van der Waals surface area contributed by atoms with E-state index >= 15 is 0 Å². The number of carbonyl (C=O) groups is 1. The van der Waals surface area contributed by atoms with Gasteiger partial charge in [0.1, 0.15) is 24.4 Å². The summed E-state index contributed by atoms with van der Waals surface area (Å²) < 4.78 is 31.1. The van der Waals surface area contributed by atoms with Gasteiger partial charge in [-0.1, -0.05) is 36.8 Å². The molecule has 3 aliphatic heterocycles. The van der Waals surface area contributed by atoms with Gasteiger partial charge in [0.05, 0.1) is 19.8 Å². The highest BCUT2D eigenvalue weighted by molar-refractivity contribution is 5.87. The smallest absolute Gasteiger partial charge is 0.323 e. The quantitative estimate of drug-likeness (QED) is 0.497. The molecule has 0 bridgehead atoms. The Kier molecular flexibility index (Phi) is 5.97.